The smallest absolute Gasteiger partial charge is 0.329 e. The summed E-state index contributed by atoms with van der Waals surface area (Å²) in [7, 11) is 0. The molecular weight excluding hydrogens is 232 g/mol. The van der Waals surface area contributed by atoms with Gasteiger partial charge in [0.1, 0.15) is 5.54 Å². The van der Waals surface area contributed by atoms with Gasteiger partial charge < -0.3 is 10.0 Å². The topological polar surface area (TPSA) is 79.2 Å². The quantitative estimate of drug-likeness (QED) is 0.871. The summed E-state index contributed by atoms with van der Waals surface area (Å²) in [6, 6.07) is 0. The van der Waals surface area contributed by atoms with Gasteiger partial charge in [-0.2, -0.15) is 5.10 Å². The highest BCUT2D eigenvalue weighted by Gasteiger charge is 2.47. The number of aryl methyl sites for hydroxylation is 2. The summed E-state index contributed by atoms with van der Waals surface area (Å²) in [5.74, 6) is -0.371. The number of carboxylic acids is 1. The lowest BCUT2D eigenvalue weighted by Crippen LogP contribution is -2.51. The monoisotopic (exact) mass is 250 g/mol. The van der Waals surface area contributed by atoms with Gasteiger partial charge in [-0.1, -0.05) is 6.92 Å². The van der Waals surface area contributed by atoms with E-state index >= 15 is 0 Å². The molecule has 0 saturated carbocycles. The molecule has 1 atom stereocenters. The van der Waals surface area contributed by atoms with E-state index in [2.05, 4.69) is 15.2 Å². The Morgan fingerprint density at radius 2 is 2.11 bits per heavy atom. The van der Waals surface area contributed by atoms with Gasteiger partial charge in [-0.25, -0.2) is 9.78 Å². The number of hydrogen-bond donors (Lipinski definition) is 1. The summed E-state index contributed by atoms with van der Waals surface area (Å²) < 4.78 is 0. The summed E-state index contributed by atoms with van der Waals surface area (Å²) in [5.41, 5.74) is 0.696. The van der Waals surface area contributed by atoms with Crippen LogP contribution >= 0.6 is 0 Å². The molecule has 1 unspecified atom stereocenters. The SMILES string of the molecule is CCC1(C(=O)O)CCCN1c1nnc(C)c(C)n1. The number of anilines is 1. The van der Waals surface area contributed by atoms with Gasteiger partial charge >= 0.3 is 5.97 Å². The molecule has 1 aromatic rings. The molecule has 6 heteroatoms. The van der Waals surface area contributed by atoms with Crippen LogP contribution in [0, 0.1) is 13.8 Å². The molecular formula is C12H18N4O2. The van der Waals surface area contributed by atoms with Gasteiger partial charge in [0.25, 0.3) is 0 Å². The highest BCUT2D eigenvalue weighted by Crippen LogP contribution is 2.35. The maximum atomic E-state index is 11.6. The normalized spacial score (nSPS) is 23.4. The van der Waals surface area contributed by atoms with E-state index in [0.717, 1.165) is 17.8 Å². The zero-order valence-corrected chi connectivity index (χ0v) is 11.0. The molecule has 1 aromatic heterocycles. The molecule has 98 valence electrons. The number of hydrogen-bond acceptors (Lipinski definition) is 5. The number of aromatic nitrogens is 3. The maximum Gasteiger partial charge on any atom is 0.329 e. The molecule has 1 fully saturated rings. The van der Waals surface area contributed by atoms with E-state index < -0.39 is 11.5 Å². The van der Waals surface area contributed by atoms with Crippen LogP contribution in [-0.4, -0.2) is 38.3 Å². The molecule has 2 heterocycles. The number of carboxylic acid groups (broad SMARTS) is 1. The molecule has 1 N–H and O–H groups in total. The number of carbonyl (C=O) groups is 1. The van der Waals surface area contributed by atoms with Crippen molar-refractivity contribution in [2.75, 3.05) is 11.4 Å². The Kier molecular flexibility index (Phi) is 3.19. The van der Waals surface area contributed by atoms with Crippen LogP contribution < -0.4 is 4.90 Å². The molecule has 0 bridgehead atoms. The van der Waals surface area contributed by atoms with Crippen molar-refractivity contribution >= 4 is 11.9 Å². The predicted molar refractivity (Wildman–Crippen MR) is 66.5 cm³/mol. The first-order chi connectivity index (χ1) is 8.51. The van der Waals surface area contributed by atoms with Gasteiger partial charge in [0.2, 0.25) is 5.95 Å². The molecule has 18 heavy (non-hydrogen) atoms. The van der Waals surface area contributed by atoms with Crippen molar-refractivity contribution < 1.29 is 9.90 Å². The van der Waals surface area contributed by atoms with Gasteiger partial charge in [0.05, 0.1) is 11.4 Å². The molecule has 2 rings (SSSR count). The summed E-state index contributed by atoms with van der Waals surface area (Å²) in [6.45, 7) is 6.26. The average molecular weight is 250 g/mol. The van der Waals surface area contributed by atoms with Crippen LogP contribution in [0.15, 0.2) is 0 Å². The molecule has 0 amide bonds. The Morgan fingerprint density at radius 1 is 1.39 bits per heavy atom. The van der Waals surface area contributed by atoms with E-state index in [-0.39, 0.29) is 0 Å². The standard InChI is InChI=1S/C12H18N4O2/c1-4-12(10(17)18)6-5-7-16(12)11-13-8(2)9(3)14-15-11/h4-7H2,1-3H3,(H,17,18). The van der Waals surface area contributed by atoms with E-state index in [4.69, 9.17) is 0 Å². The van der Waals surface area contributed by atoms with Gasteiger partial charge in [0.15, 0.2) is 0 Å². The fourth-order valence-electron chi connectivity index (χ4n) is 2.47. The van der Waals surface area contributed by atoms with Crippen LogP contribution in [0.1, 0.15) is 37.6 Å². The molecule has 0 aliphatic carbocycles. The molecule has 6 nitrogen and oxygen atoms in total. The van der Waals surface area contributed by atoms with Crippen LogP contribution in [0.5, 0.6) is 0 Å². The minimum absolute atomic E-state index is 0.430. The second-order valence-electron chi connectivity index (χ2n) is 4.73. The van der Waals surface area contributed by atoms with E-state index in [1.807, 2.05) is 20.8 Å². The van der Waals surface area contributed by atoms with E-state index in [9.17, 15) is 9.90 Å². The molecule has 0 radical (unpaired) electrons. The Bertz CT molecular complexity index is 477. The Hall–Kier alpha value is -1.72. The number of rotatable bonds is 3. The lowest BCUT2D eigenvalue weighted by atomic mass is 9.93. The molecule has 0 spiro atoms. The van der Waals surface area contributed by atoms with E-state index in [1.165, 1.54) is 0 Å². The van der Waals surface area contributed by atoms with Crippen molar-refractivity contribution in [3.63, 3.8) is 0 Å². The van der Waals surface area contributed by atoms with Crippen molar-refractivity contribution in [2.24, 2.45) is 0 Å². The summed E-state index contributed by atoms with van der Waals surface area (Å²) in [6.07, 6.45) is 2.02. The van der Waals surface area contributed by atoms with Crippen LogP contribution in [0.25, 0.3) is 0 Å². The highest BCUT2D eigenvalue weighted by molar-refractivity contribution is 5.83. The minimum Gasteiger partial charge on any atom is -0.479 e. The fourth-order valence-corrected chi connectivity index (χ4v) is 2.47. The molecule has 1 saturated heterocycles. The van der Waals surface area contributed by atoms with Crippen molar-refractivity contribution in [3.05, 3.63) is 11.4 Å². The van der Waals surface area contributed by atoms with Gasteiger partial charge in [-0.05, 0) is 33.1 Å². The summed E-state index contributed by atoms with van der Waals surface area (Å²) in [5, 5.41) is 17.6. The first-order valence-electron chi connectivity index (χ1n) is 6.20. The zero-order chi connectivity index (χ0) is 13.3. The third kappa shape index (κ3) is 1.81. The zero-order valence-electron chi connectivity index (χ0n) is 11.0. The second kappa shape index (κ2) is 4.51. The lowest BCUT2D eigenvalue weighted by Gasteiger charge is -2.33. The van der Waals surface area contributed by atoms with Gasteiger partial charge in [-0.15, -0.1) is 5.10 Å². The third-order valence-corrected chi connectivity index (χ3v) is 3.79. The molecule has 0 aromatic carbocycles. The Labute approximate surface area is 106 Å². The second-order valence-corrected chi connectivity index (χ2v) is 4.73. The number of nitrogens with zero attached hydrogens (tertiary/aromatic N) is 4. The summed E-state index contributed by atoms with van der Waals surface area (Å²) in [4.78, 5) is 17.7. The molecule has 1 aliphatic heterocycles. The van der Waals surface area contributed by atoms with Gasteiger partial charge in [-0.3, -0.25) is 0 Å². The fraction of sp³-hybridized carbons (Fsp3) is 0.667. The van der Waals surface area contributed by atoms with Crippen LogP contribution in [0.4, 0.5) is 5.95 Å². The van der Waals surface area contributed by atoms with Crippen LogP contribution in [0.2, 0.25) is 0 Å². The van der Waals surface area contributed by atoms with Crippen LogP contribution in [0.3, 0.4) is 0 Å². The largest absolute Gasteiger partial charge is 0.479 e. The first kappa shape index (κ1) is 12.7. The Balaban J connectivity index is 2.42. The third-order valence-electron chi connectivity index (χ3n) is 3.79. The van der Waals surface area contributed by atoms with Crippen molar-refractivity contribution in [3.8, 4) is 0 Å². The average Bonchev–Trinajstić information content (AvgIpc) is 2.77. The highest BCUT2D eigenvalue weighted by atomic mass is 16.4. The summed E-state index contributed by atoms with van der Waals surface area (Å²) >= 11 is 0. The van der Waals surface area contributed by atoms with E-state index in [1.54, 1.807) is 4.90 Å². The minimum atomic E-state index is -0.872. The van der Waals surface area contributed by atoms with Crippen molar-refractivity contribution in [2.45, 2.75) is 45.6 Å². The number of aliphatic carboxylic acids is 1. The maximum absolute atomic E-state index is 11.6. The first-order valence-corrected chi connectivity index (χ1v) is 6.20. The van der Waals surface area contributed by atoms with Gasteiger partial charge in [0, 0.05) is 6.54 Å². The lowest BCUT2D eigenvalue weighted by molar-refractivity contribution is -0.143. The predicted octanol–water partition coefficient (Wildman–Crippen LogP) is 1.32. The Morgan fingerprint density at radius 3 is 2.67 bits per heavy atom. The molecule has 1 aliphatic rings. The van der Waals surface area contributed by atoms with Crippen molar-refractivity contribution in [1.82, 2.24) is 15.2 Å². The van der Waals surface area contributed by atoms with Crippen molar-refractivity contribution in [1.29, 1.82) is 0 Å². The van der Waals surface area contributed by atoms with Crippen LogP contribution in [-0.2, 0) is 4.79 Å². The van der Waals surface area contributed by atoms with E-state index in [0.29, 0.717) is 25.3 Å².